The number of nitro groups is 1. The number of carbonyl (C=O) groups excluding carboxylic acids is 2. The number of halogens is 1. The molecule has 1 aliphatic heterocycles. The molecule has 1 aromatic heterocycles. The summed E-state index contributed by atoms with van der Waals surface area (Å²) >= 11 is 12.1. The zero-order chi connectivity index (χ0) is 23.7. The van der Waals surface area contributed by atoms with E-state index >= 15 is 0 Å². The second kappa shape index (κ2) is 9.18. The van der Waals surface area contributed by atoms with Crippen LogP contribution in [0.5, 0.6) is 0 Å². The van der Waals surface area contributed by atoms with Crippen molar-refractivity contribution in [3.8, 4) is 11.3 Å². The van der Waals surface area contributed by atoms with Crippen LogP contribution < -0.4 is 5.43 Å². The minimum Gasteiger partial charge on any atom is -0.456 e. The van der Waals surface area contributed by atoms with Crippen LogP contribution in [0, 0.1) is 17.0 Å². The molecule has 1 saturated heterocycles. The zero-order valence-corrected chi connectivity index (χ0v) is 19.3. The highest BCUT2D eigenvalue weighted by molar-refractivity contribution is 8.26. The van der Waals surface area contributed by atoms with E-state index in [9.17, 15) is 19.7 Å². The van der Waals surface area contributed by atoms with Gasteiger partial charge >= 0.3 is 0 Å². The van der Waals surface area contributed by atoms with Gasteiger partial charge in [0, 0.05) is 22.7 Å². The molecule has 1 aliphatic rings. The van der Waals surface area contributed by atoms with E-state index in [2.05, 4.69) is 5.43 Å². The van der Waals surface area contributed by atoms with E-state index in [1.54, 1.807) is 43.3 Å². The predicted molar refractivity (Wildman–Crippen MR) is 129 cm³/mol. The monoisotopic (exact) mass is 499 g/mol. The maximum atomic E-state index is 12.8. The molecule has 166 valence electrons. The molecule has 0 atom stereocenters. The Morgan fingerprint density at radius 2 is 1.94 bits per heavy atom. The number of furan rings is 1. The van der Waals surface area contributed by atoms with Crippen molar-refractivity contribution in [3.63, 3.8) is 0 Å². The maximum Gasteiger partial charge on any atom is 0.285 e. The number of benzene rings is 2. The van der Waals surface area contributed by atoms with Crippen molar-refractivity contribution in [3.05, 3.63) is 91.5 Å². The van der Waals surface area contributed by atoms with Gasteiger partial charge in [0.2, 0.25) is 0 Å². The quantitative estimate of drug-likeness (QED) is 0.218. The first-order chi connectivity index (χ1) is 15.7. The number of thioether (sulfide) groups is 1. The molecule has 0 unspecified atom stereocenters. The smallest absolute Gasteiger partial charge is 0.285 e. The van der Waals surface area contributed by atoms with Crippen molar-refractivity contribution in [2.45, 2.75) is 6.92 Å². The number of thiocarbonyl (C=S) groups is 1. The summed E-state index contributed by atoms with van der Waals surface area (Å²) in [7, 11) is 0. The third kappa shape index (κ3) is 4.82. The number of rotatable bonds is 5. The summed E-state index contributed by atoms with van der Waals surface area (Å²) in [6, 6.07) is 14.2. The Bertz CT molecular complexity index is 1330. The molecular formula is C22H14ClN3O5S2. The van der Waals surface area contributed by atoms with Crippen LogP contribution >= 0.6 is 35.6 Å². The molecule has 0 bridgehead atoms. The Morgan fingerprint density at radius 1 is 1.21 bits per heavy atom. The lowest BCUT2D eigenvalue weighted by atomic mass is 10.1. The number of nitrogens with zero attached hydrogens (tertiary/aromatic N) is 2. The summed E-state index contributed by atoms with van der Waals surface area (Å²) in [6.07, 6.45) is 1.47. The molecule has 2 amide bonds. The number of nitro benzene ring substituents is 1. The summed E-state index contributed by atoms with van der Waals surface area (Å²) < 4.78 is 5.88. The molecule has 0 radical (unpaired) electrons. The van der Waals surface area contributed by atoms with Gasteiger partial charge in [0.15, 0.2) is 4.32 Å². The topological polar surface area (TPSA) is 106 Å². The van der Waals surface area contributed by atoms with Crippen LogP contribution in [0.1, 0.15) is 21.7 Å². The van der Waals surface area contributed by atoms with Crippen molar-refractivity contribution < 1.29 is 18.9 Å². The molecule has 0 saturated carbocycles. The van der Waals surface area contributed by atoms with Crippen LogP contribution in [0.25, 0.3) is 17.4 Å². The molecule has 1 N–H and O–H groups in total. The fraction of sp³-hybridized carbons (Fsp3) is 0.0455. The SMILES string of the molecule is Cc1ccc(-c2ccc(/C=C3/SC(=S)N(NC(=O)c4ccc(Cl)cc4)C3=O)o2)c([N+](=O)[O-])c1. The number of hydrogen-bond donors (Lipinski definition) is 1. The van der Waals surface area contributed by atoms with Gasteiger partial charge in [-0.3, -0.25) is 25.1 Å². The molecule has 0 aliphatic carbocycles. The van der Waals surface area contributed by atoms with Crippen molar-refractivity contribution in [1.29, 1.82) is 0 Å². The van der Waals surface area contributed by atoms with Crippen molar-refractivity contribution in [1.82, 2.24) is 10.4 Å². The van der Waals surface area contributed by atoms with Gasteiger partial charge in [0.1, 0.15) is 11.5 Å². The third-order valence-corrected chi connectivity index (χ3v) is 6.18. The number of hydrogen-bond acceptors (Lipinski definition) is 7. The maximum absolute atomic E-state index is 12.8. The molecule has 11 heteroatoms. The fourth-order valence-electron chi connectivity index (χ4n) is 3.04. The molecule has 8 nitrogen and oxygen atoms in total. The number of hydrazine groups is 1. The Morgan fingerprint density at radius 3 is 2.64 bits per heavy atom. The van der Waals surface area contributed by atoms with Crippen molar-refractivity contribution >= 4 is 63.5 Å². The minimum atomic E-state index is -0.522. The van der Waals surface area contributed by atoms with Crippen LogP contribution in [0.4, 0.5) is 5.69 Å². The lowest BCUT2D eigenvalue weighted by Gasteiger charge is -2.15. The van der Waals surface area contributed by atoms with E-state index in [0.717, 1.165) is 22.3 Å². The molecule has 4 rings (SSSR count). The molecule has 3 aromatic rings. The van der Waals surface area contributed by atoms with E-state index < -0.39 is 16.7 Å². The van der Waals surface area contributed by atoms with Gasteiger partial charge in [-0.05, 0) is 67.2 Å². The van der Waals surface area contributed by atoms with E-state index in [0.29, 0.717) is 27.7 Å². The summed E-state index contributed by atoms with van der Waals surface area (Å²) in [5, 5.41) is 12.9. The lowest BCUT2D eigenvalue weighted by molar-refractivity contribution is -0.384. The summed E-state index contributed by atoms with van der Waals surface area (Å²) in [6.45, 7) is 1.76. The van der Waals surface area contributed by atoms with E-state index in [1.165, 1.54) is 24.3 Å². The molecule has 1 fully saturated rings. The summed E-state index contributed by atoms with van der Waals surface area (Å²) in [5.41, 5.74) is 3.79. The Balaban J connectivity index is 1.54. The van der Waals surface area contributed by atoms with Crippen LogP contribution in [-0.4, -0.2) is 26.1 Å². The Hall–Kier alpha value is -3.47. The highest BCUT2D eigenvalue weighted by Gasteiger charge is 2.34. The first kappa shape index (κ1) is 22.7. The van der Waals surface area contributed by atoms with E-state index in [1.807, 2.05) is 0 Å². The lowest BCUT2D eigenvalue weighted by Crippen LogP contribution is -2.44. The second-order valence-corrected chi connectivity index (χ2v) is 9.06. The van der Waals surface area contributed by atoms with Gasteiger partial charge in [-0.2, -0.15) is 5.01 Å². The van der Waals surface area contributed by atoms with Crippen molar-refractivity contribution in [2.75, 3.05) is 0 Å². The highest BCUT2D eigenvalue weighted by Crippen LogP contribution is 2.35. The molecule has 2 heterocycles. The number of nitrogens with one attached hydrogen (secondary N) is 1. The minimum absolute atomic E-state index is 0.0767. The summed E-state index contributed by atoms with van der Waals surface area (Å²) in [4.78, 5) is 36.4. The first-order valence-electron chi connectivity index (χ1n) is 9.42. The number of carbonyl (C=O) groups is 2. The zero-order valence-electron chi connectivity index (χ0n) is 16.9. The normalized spacial score (nSPS) is 14.7. The van der Waals surface area contributed by atoms with Crippen molar-refractivity contribution in [2.24, 2.45) is 0 Å². The average molecular weight is 500 g/mol. The highest BCUT2D eigenvalue weighted by atomic mass is 35.5. The van der Waals surface area contributed by atoms with Gasteiger partial charge in [-0.25, -0.2) is 0 Å². The van der Waals surface area contributed by atoms with Gasteiger partial charge in [-0.1, -0.05) is 29.4 Å². The van der Waals surface area contributed by atoms with Crippen LogP contribution in [0.2, 0.25) is 5.02 Å². The summed E-state index contributed by atoms with van der Waals surface area (Å²) in [5.74, 6) is -0.438. The Kier molecular flexibility index (Phi) is 6.32. The van der Waals surface area contributed by atoms with Crippen LogP contribution in [0.15, 0.2) is 63.9 Å². The second-order valence-electron chi connectivity index (χ2n) is 6.94. The van der Waals surface area contributed by atoms with Gasteiger partial charge < -0.3 is 4.42 Å². The van der Waals surface area contributed by atoms with Gasteiger partial charge in [0.05, 0.1) is 15.4 Å². The number of aryl methyl sites for hydroxylation is 1. The largest absolute Gasteiger partial charge is 0.456 e. The standard InChI is InChI=1S/C22H14ClN3O5S2/c1-12-2-8-16(17(10-12)26(29)30)18-9-7-15(31-18)11-19-21(28)25(22(32)33-19)24-20(27)13-3-5-14(23)6-4-13/h2-11H,1H3,(H,24,27)/b19-11+. The van der Waals surface area contributed by atoms with Gasteiger partial charge in [0.25, 0.3) is 17.5 Å². The third-order valence-electron chi connectivity index (χ3n) is 4.63. The number of amides is 2. The molecule has 2 aromatic carbocycles. The predicted octanol–water partition coefficient (Wildman–Crippen LogP) is 5.36. The average Bonchev–Trinajstić information content (AvgIpc) is 3.34. The molecule has 0 spiro atoms. The Labute approximate surface area is 202 Å². The van der Waals surface area contributed by atoms with Crippen LogP contribution in [-0.2, 0) is 4.79 Å². The molecular weight excluding hydrogens is 486 g/mol. The van der Waals surface area contributed by atoms with Crippen LogP contribution in [0.3, 0.4) is 0 Å². The van der Waals surface area contributed by atoms with E-state index in [4.69, 9.17) is 28.2 Å². The van der Waals surface area contributed by atoms with Gasteiger partial charge in [-0.15, -0.1) is 0 Å². The molecule has 33 heavy (non-hydrogen) atoms. The van der Waals surface area contributed by atoms with E-state index in [-0.39, 0.29) is 14.9 Å². The first-order valence-corrected chi connectivity index (χ1v) is 11.0. The fourth-order valence-corrected chi connectivity index (χ4v) is 4.32.